The Kier molecular flexibility index (Phi) is 4.03. The summed E-state index contributed by atoms with van der Waals surface area (Å²) >= 11 is 3.32. The van der Waals surface area contributed by atoms with Gasteiger partial charge in [0.05, 0.1) is 6.42 Å². The first-order chi connectivity index (χ1) is 6.87. The molecule has 2 nitrogen and oxygen atoms in total. The summed E-state index contributed by atoms with van der Waals surface area (Å²) in [5.41, 5.74) is 0.105. The fourth-order valence-corrected chi connectivity index (χ4v) is 1.92. The third kappa shape index (κ3) is 4.86. The van der Waals surface area contributed by atoms with Gasteiger partial charge in [0, 0.05) is 18.3 Å². The third-order valence-electron chi connectivity index (χ3n) is 2.54. The molecule has 1 N–H and O–H groups in total. The van der Waals surface area contributed by atoms with Gasteiger partial charge in [-0.2, -0.15) is 13.2 Å². The summed E-state index contributed by atoms with van der Waals surface area (Å²) in [6, 6.07) is 0. The number of carbonyl (C=O) groups excluding carboxylic acids is 1. The molecule has 0 radical (unpaired) electrons. The normalized spacial score (nSPS) is 18.7. The molecule has 0 bridgehead atoms. The van der Waals surface area contributed by atoms with Crippen molar-refractivity contribution in [2.75, 3.05) is 11.9 Å². The predicted octanol–water partition coefficient (Wildman–Crippen LogP) is 2.62. The van der Waals surface area contributed by atoms with Crippen molar-refractivity contribution in [2.24, 2.45) is 5.41 Å². The van der Waals surface area contributed by atoms with Crippen LogP contribution in [-0.4, -0.2) is 24.0 Å². The average Bonchev–Trinajstić information content (AvgIpc) is 2.91. The van der Waals surface area contributed by atoms with Crippen LogP contribution in [-0.2, 0) is 4.79 Å². The summed E-state index contributed by atoms with van der Waals surface area (Å²) in [6.45, 7) is 0.481. The Balaban J connectivity index is 2.14. The van der Waals surface area contributed by atoms with Gasteiger partial charge in [-0.15, -0.1) is 0 Å². The Morgan fingerprint density at radius 3 is 2.40 bits per heavy atom. The average molecular weight is 288 g/mol. The maximum atomic E-state index is 11.8. The van der Waals surface area contributed by atoms with Crippen molar-refractivity contribution in [1.29, 1.82) is 0 Å². The number of rotatable bonds is 5. The highest BCUT2D eigenvalue weighted by atomic mass is 79.9. The van der Waals surface area contributed by atoms with E-state index in [9.17, 15) is 18.0 Å². The molecule has 0 aromatic rings. The maximum absolute atomic E-state index is 11.8. The molecule has 1 aliphatic carbocycles. The van der Waals surface area contributed by atoms with Crippen molar-refractivity contribution in [3.63, 3.8) is 0 Å². The molecule has 0 aromatic carbocycles. The smallest absolute Gasteiger partial charge is 0.356 e. The summed E-state index contributed by atoms with van der Waals surface area (Å²) in [7, 11) is 0. The number of hydrogen-bond donors (Lipinski definition) is 1. The quantitative estimate of drug-likeness (QED) is 0.774. The molecule has 1 aliphatic rings. The van der Waals surface area contributed by atoms with E-state index < -0.39 is 24.9 Å². The highest BCUT2D eigenvalue weighted by Gasteiger charge is 2.41. The van der Waals surface area contributed by atoms with Crippen LogP contribution in [0.2, 0.25) is 0 Å². The lowest BCUT2D eigenvalue weighted by Crippen LogP contribution is -2.31. The van der Waals surface area contributed by atoms with Crippen molar-refractivity contribution in [3.05, 3.63) is 0 Å². The summed E-state index contributed by atoms with van der Waals surface area (Å²) in [6.07, 6.45) is -3.71. The van der Waals surface area contributed by atoms with Gasteiger partial charge >= 0.3 is 6.18 Å². The zero-order chi connectivity index (χ0) is 11.5. The van der Waals surface area contributed by atoms with Crippen molar-refractivity contribution in [2.45, 2.75) is 31.9 Å². The topological polar surface area (TPSA) is 29.1 Å². The number of alkyl halides is 4. The molecule has 1 rings (SSSR count). The van der Waals surface area contributed by atoms with E-state index in [4.69, 9.17) is 0 Å². The maximum Gasteiger partial charge on any atom is 0.389 e. The second-order valence-corrected chi connectivity index (χ2v) is 4.59. The van der Waals surface area contributed by atoms with E-state index in [0.29, 0.717) is 6.54 Å². The third-order valence-corrected chi connectivity index (χ3v) is 3.73. The van der Waals surface area contributed by atoms with E-state index >= 15 is 0 Å². The van der Waals surface area contributed by atoms with Gasteiger partial charge in [-0.3, -0.25) is 4.79 Å². The molecule has 0 atom stereocenters. The minimum absolute atomic E-state index is 0.105. The fourth-order valence-electron chi connectivity index (χ4n) is 1.16. The SMILES string of the molecule is O=C(CCC(F)(F)F)NCC1(CBr)CC1. The summed E-state index contributed by atoms with van der Waals surface area (Å²) < 4.78 is 35.3. The van der Waals surface area contributed by atoms with Crippen molar-refractivity contribution >= 4 is 21.8 Å². The molecule has 1 amide bonds. The van der Waals surface area contributed by atoms with Gasteiger partial charge < -0.3 is 5.32 Å². The second kappa shape index (κ2) is 4.72. The lowest BCUT2D eigenvalue weighted by atomic mass is 10.1. The van der Waals surface area contributed by atoms with E-state index in [2.05, 4.69) is 21.2 Å². The molecule has 0 unspecified atom stereocenters. The van der Waals surface area contributed by atoms with Gasteiger partial charge in [-0.1, -0.05) is 15.9 Å². The minimum Gasteiger partial charge on any atom is -0.356 e. The Bertz CT molecular complexity index is 238. The molecular formula is C9H13BrF3NO. The lowest BCUT2D eigenvalue weighted by molar-refractivity contribution is -0.144. The number of hydrogen-bond acceptors (Lipinski definition) is 1. The molecule has 88 valence electrons. The molecule has 0 saturated heterocycles. The molecular weight excluding hydrogens is 275 g/mol. The van der Waals surface area contributed by atoms with E-state index in [1.165, 1.54) is 0 Å². The van der Waals surface area contributed by atoms with E-state index in [0.717, 1.165) is 18.2 Å². The molecule has 0 spiro atoms. The molecule has 1 fully saturated rings. The first-order valence-electron chi connectivity index (χ1n) is 4.76. The van der Waals surface area contributed by atoms with E-state index in [-0.39, 0.29) is 5.41 Å². The summed E-state index contributed by atoms with van der Waals surface area (Å²) in [5, 5.41) is 3.33. The van der Waals surface area contributed by atoms with Gasteiger partial charge in [-0.25, -0.2) is 0 Å². The van der Waals surface area contributed by atoms with Crippen molar-refractivity contribution in [1.82, 2.24) is 5.32 Å². The van der Waals surface area contributed by atoms with Crippen LogP contribution in [0.1, 0.15) is 25.7 Å². The zero-order valence-corrected chi connectivity index (χ0v) is 9.75. The van der Waals surface area contributed by atoms with Crippen LogP contribution in [0.4, 0.5) is 13.2 Å². The molecule has 1 saturated carbocycles. The first-order valence-corrected chi connectivity index (χ1v) is 5.88. The Hall–Kier alpha value is -0.260. The zero-order valence-electron chi connectivity index (χ0n) is 8.16. The molecule has 0 aliphatic heterocycles. The van der Waals surface area contributed by atoms with Gasteiger partial charge in [-0.05, 0) is 18.3 Å². The minimum atomic E-state index is -4.25. The molecule has 6 heteroatoms. The number of halogens is 4. The Morgan fingerprint density at radius 1 is 1.40 bits per heavy atom. The van der Waals surface area contributed by atoms with Crippen LogP contribution in [0.25, 0.3) is 0 Å². The Labute approximate surface area is 94.7 Å². The number of carbonyl (C=O) groups is 1. The van der Waals surface area contributed by atoms with Crippen LogP contribution in [0.15, 0.2) is 0 Å². The van der Waals surface area contributed by atoms with Crippen LogP contribution in [0.3, 0.4) is 0 Å². The number of amides is 1. The van der Waals surface area contributed by atoms with Gasteiger partial charge in [0.15, 0.2) is 0 Å². The van der Waals surface area contributed by atoms with E-state index in [1.54, 1.807) is 0 Å². The van der Waals surface area contributed by atoms with E-state index in [1.807, 2.05) is 0 Å². The van der Waals surface area contributed by atoms with Gasteiger partial charge in [0.25, 0.3) is 0 Å². The first kappa shape index (κ1) is 12.8. The van der Waals surface area contributed by atoms with Crippen LogP contribution < -0.4 is 5.32 Å². The van der Waals surface area contributed by atoms with Crippen LogP contribution in [0.5, 0.6) is 0 Å². The molecule has 0 heterocycles. The van der Waals surface area contributed by atoms with Gasteiger partial charge in [0.2, 0.25) is 5.91 Å². The predicted molar refractivity (Wildman–Crippen MR) is 53.8 cm³/mol. The van der Waals surface area contributed by atoms with Crippen molar-refractivity contribution in [3.8, 4) is 0 Å². The molecule has 0 aromatic heterocycles. The largest absolute Gasteiger partial charge is 0.389 e. The van der Waals surface area contributed by atoms with Crippen molar-refractivity contribution < 1.29 is 18.0 Å². The van der Waals surface area contributed by atoms with Crippen LogP contribution >= 0.6 is 15.9 Å². The standard InChI is InChI=1S/C9H13BrF3NO/c10-5-8(3-4-8)6-14-7(15)1-2-9(11,12)13/h1-6H2,(H,14,15). The van der Waals surface area contributed by atoms with Crippen LogP contribution in [0, 0.1) is 5.41 Å². The summed E-state index contributed by atoms with van der Waals surface area (Å²) in [4.78, 5) is 11.1. The highest BCUT2D eigenvalue weighted by molar-refractivity contribution is 9.09. The highest BCUT2D eigenvalue weighted by Crippen LogP contribution is 2.46. The molecule has 15 heavy (non-hydrogen) atoms. The monoisotopic (exact) mass is 287 g/mol. The summed E-state index contributed by atoms with van der Waals surface area (Å²) in [5.74, 6) is -0.514. The lowest BCUT2D eigenvalue weighted by Gasteiger charge is -2.12. The number of nitrogens with one attached hydrogen (secondary N) is 1. The van der Waals surface area contributed by atoms with Gasteiger partial charge in [0.1, 0.15) is 0 Å². The fraction of sp³-hybridized carbons (Fsp3) is 0.889. The Morgan fingerprint density at radius 2 is 2.00 bits per heavy atom. The second-order valence-electron chi connectivity index (χ2n) is 4.03.